The van der Waals surface area contributed by atoms with Crippen LogP contribution in [-0.2, 0) is 4.74 Å². The monoisotopic (exact) mass is 481 g/mol. The molecule has 4 rings (SSSR count). The molecule has 1 N–H and O–H groups in total. The molecule has 35 heavy (non-hydrogen) atoms. The highest BCUT2D eigenvalue weighted by molar-refractivity contribution is 5.96. The number of Topliss-reactive ketones (excluding diaryl/α,β-unsaturated/α-hetero) is 1. The summed E-state index contributed by atoms with van der Waals surface area (Å²) in [5.41, 5.74) is 1.31. The number of alkyl carbamates (subject to hydrolysis) is 1. The van der Waals surface area contributed by atoms with E-state index < -0.39 is 0 Å². The van der Waals surface area contributed by atoms with Gasteiger partial charge in [0.25, 0.3) is 0 Å². The molecule has 0 bridgehead atoms. The molecular formula is C28H39N3O4. The van der Waals surface area contributed by atoms with Crippen LogP contribution in [0.2, 0.25) is 0 Å². The number of aromatic nitrogens is 1. The lowest BCUT2D eigenvalue weighted by Crippen LogP contribution is -2.46. The molecule has 1 unspecified atom stereocenters. The quantitative estimate of drug-likeness (QED) is 0.331. The van der Waals surface area contributed by atoms with Crippen molar-refractivity contribution in [2.75, 3.05) is 33.3 Å². The smallest absolute Gasteiger partial charge is 0.407 e. The first kappa shape index (κ1) is 25.4. The Morgan fingerprint density at radius 2 is 2.06 bits per heavy atom. The van der Waals surface area contributed by atoms with Gasteiger partial charge in [-0.3, -0.25) is 4.79 Å². The van der Waals surface area contributed by atoms with Crippen LogP contribution in [0.4, 0.5) is 4.79 Å². The number of hydrogen-bond donors (Lipinski definition) is 1. The molecule has 3 atom stereocenters. The molecule has 0 aliphatic carbocycles. The maximum Gasteiger partial charge on any atom is 0.407 e. The second-order valence-corrected chi connectivity index (χ2v) is 9.97. The molecular weight excluding hydrogens is 442 g/mol. The summed E-state index contributed by atoms with van der Waals surface area (Å²) in [6, 6.07) is 9.42. The number of carbonyl (C=O) groups excluding carboxylic acids is 2. The number of likely N-dealkylation sites (tertiary alicyclic amines) is 1. The zero-order valence-electron chi connectivity index (χ0n) is 21.1. The Kier molecular flexibility index (Phi) is 8.96. The summed E-state index contributed by atoms with van der Waals surface area (Å²) in [7, 11) is 1.64. The van der Waals surface area contributed by atoms with Gasteiger partial charge in [-0.25, -0.2) is 9.78 Å². The van der Waals surface area contributed by atoms with Crippen LogP contribution in [0, 0.1) is 11.8 Å². The van der Waals surface area contributed by atoms with E-state index in [0.717, 1.165) is 49.1 Å². The Morgan fingerprint density at radius 1 is 1.20 bits per heavy atom. The number of ether oxygens (including phenoxy) is 2. The summed E-state index contributed by atoms with van der Waals surface area (Å²) in [6.45, 7) is 5.89. The first-order valence-corrected chi connectivity index (χ1v) is 13.2. The lowest BCUT2D eigenvalue weighted by atomic mass is 9.78. The van der Waals surface area contributed by atoms with Gasteiger partial charge in [-0.15, -0.1) is 0 Å². The van der Waals surface area contributed by atoms with Crippen molar-refractivity contribution < 1.29 is 19.1 Å². The van der Waals surface area contributed by atoms with Crippen molar-refractivity contribution in [3.05, 3.63) is 36.0 Å². The van der Waals surface area contributed by atoms with Crippen molar-refractivity contribution in [1.29, 1.82) is 0 Å². The van der Waals surface area contributed by atoms with Crippen LogP contribution >= 0.6 is 0 Å². The number of methoxy groups -OCH3 is 1. The number of rotatable bonds is 12. The number of unbranched alkanes of at least 4 members (excludes halogenated alkanes) is 4. The summed E-state index contributed by atoms with van der Waals surface area (Å²) < 4.78 is 10.9. The summed E-state index contributed by atoms with van der Waals surface area (Å²) >= 11 is 0. The predicted octanol–water partition coefficient (Wildman–Crippen LogP) is 5.22. The SMILES string of the molecule is CCCCCCCN1CC[C@@H](CCC(=O)c2ccc3cc(OC)ccc3n2)[C@@H](C2CNC(=O)O2)C1. The molecule has 190 valence electrons. The van der Waals surface area contributed by atoms with Crippen LogP contribution in [0.15, 0.2) is 30.3 Å². The molecule has 1 amide bonds. The maximum absolute atomic E-state index is 13.0. The van der Waals surface area contributed by atoms with Gasteiger partial charge in [0.2, 0.25) is 0 Å². The highest BCUT2D eigenvalue weighted by Gasteiger charge is 2.39. The Labute approximate surface area is 208 Å². The summed E-state index contributed by atoms with van der Waals surface area (Å²) in [5, 5.41) is 3.78. The van der Waals surface area contributed by atoms with Crippen molar-refractivity contribution in [2.45, 2.75) is 64.4 Å². The molecule has 2 aromatic rings. The summed E-state index contributed by atoms with van der Waals surface area (Å²) in [5.74, 6) is 1.46. The normalized spacial score (nSPS) is 22.7. The summed E-state index contributed by atoms with van der Waals surface area (Å²) in [6.07, 6.45) is 8.23. The minimum atomic E-state index is -0.321. The molecule has 7 heteroatoms. The topological polar surface area (TPSA) is 80.8 Å². The van der Waals surface area contributed by atoms with Crippen molar-refractivity contribution in [1.82, 2.24) is 15.2 Å². The largest absolute Gasteiger partial charge is 0.497 e. The Morgan fingerprint density at radius 3 is 2.83 bits per heavy atom. The average Bonchev–Trinajstić information content (AvgIpc) is 3.32. The lowest BCUT2D eigenvalue weighted by Gasteiger charge is -2.40. The van der Waals surface area contributed by atoms with Gasteiger partial charge in [0, 0.05) is 24.3 Å². The molecule has 1 aromatic carbocycles. The second-order valence-electron chi connectivity index (χ2n) is 9.97. The van der Waals surface area contributed by atoms with Gasteiger partial charge in [-0.2, -0.15) is 0 Å². The van der Waals surface area contributed by atoms with E-state index in [4.69, 9.17) is 9.47 Å². The first-order valence-electron chi connectivity index (χ1n) is 13.2. The summed E-state index contributed by atoms with van der Waals surface area (Å²) in [4.78, 5) is 31.9. The van der Waals surface area contributed by atoms with Crippen LogP contribution in [0.25, 0.3) is 10.9 Å². The van der Waals surface area contributed by atoms with E-state index >= 15 is 0 Å². The maximum atomic E-state index is 13.0. The van der Waals surface area contributed by atoms with Gasteiger partial charge in [0.15, 0.2) is 5.78 Å². The molecule has 7 nitrogen and oxygen atoms in total. The number of pyridine rings is 1. The number of fused-ring (bicyclic) bond motifs is 1. The van der Waals surface area contributed by atoms with E-state index in [-0.39, 0.29) is 23.9 Å². The van der Waals surface area contributed by atoms with Gasteiger partial charge in [-0.1, -0.05) is 38.7 Å². The van der Waals surface area contributed by atoms with Gasteiger partial charge >= 0.3 is 6.09 Å². The van der Waals surface area contributed by atoms with E-state index in [1.54, 1.807) is 7.11 Å². The molecule has 0 saturated carbocycles. The Balaban J connectivity index is 1.35. The number of carbonyl (C=O) groups is 2. The highest BCUT2D eigenvalue weighted by Crippen LogP contribution is 2.33. The Hall–Kier alpha value is -2.67. The number of benzene rings is 1. The van der Waals surface area contributed by atoms with Crippen molar-refractivity contribution in [2.24, 2.45) is 11.8 Å². The van der Waals surface area contributed by atoms with Crippen LogP contribution in [0.5, 0.6) is 5.75 Å². The lowest BCUT2D eigenvalue weighted by molar-refractivity contribution is 0.0209. The standard InChI is InChI=1S/C28H39N3O4/c1-3-4-5-6-7-15-31-16-14-20(23(19-31)27-18-29-28(33)35-27)9-13-26(32)25-11-8-21-17-22(34-2)10-12-24(21)30-25/h8,10-12,17,20,23,27H,3-7,9,13-16,18-19H2,1-2H3,(H,29,33)/t20-,23+,27?/m1/s1. The number of nitrogens with one attached hydrogen (secondary N) is 1. The number of ketones is 1. The zero-order valence-corrected chi connectivity index (χ0v) is 21.1. The molecule has 0 radical (unpaired) electrons. The fraction of sp³-hybridized carbons (Fsp3) is 0.607. The minimum absolute atomic E-state index is 0.0707. The third kappa shape index (κ3) is 6.72. The molecule has 3 heterocycles. The second kappa shape index (κ2) is 12.3. The van der Waals surface area contributed by atoms with Crippen LogP contribution < -0.4 is 10.1 Å². The molecule has 2 aliphatic heterocycles. The number of cyclic esters (lactones) is 1. The van der Waals surface area contributed by atoms with E-state index in [2.05, 4.69) is 22.1 Å². The van der Waals surface area contributed by atoms with Crippen LogP contribution in [0.1, 0.15) is 68.8 Å². The third-order valence-electron chi connectivity index (χ3n) is 7.58. The minimum Gasteiger partial charge on any atom is -0.497 e. The fourth-order valence-electron chi connectivity index (χ4n) is 5.50. The number of piperidine rings is 1. The zero-order chi connectivity index (χ0) is 24.6. The van der Waals surface area contributed by atoms with Gasteiger partial charge in [0.1, 0.15) is 17.5 Å². The molecule has 0 spiro atoms. The van der Waals surface area contributed by atoms with Crippen LogP contribution in [0.3, 0.4) is 0 Å². The van der Waals surface area contributed by atoms with E-state index in [9.17, 15) is 9.59 Å². The van der Waals surface area contributed by atoms with E-state index in [0.29, 0.717) is 24.6 Å². The van der Waals surface area contributed by atoms with Crippen molar-refractivity contribution in [3.8, 4) is 5.75 Å². The highest BCUT2D eigenvalue weighted by atomic mass is 16.6. The fourth-order valence-corrected chi connectivity index (χ4v) is 5.50. The average molecular weight is 482 g/mol. The molecule has 2 fully saturated rings. The van der Waals surface area contributed by atoms with Gasteiger partial charge in [-0.05, 0) is 62.5 Å². The van der Waals surface area contributed by atoms with E-state index in [1.807, 2.05) is 30.3 Å². The first-order chi connectivity index (χ1) is 17.1. The molecule has 1 aromatic heterocycles. The van der Waals surface area contributed by atoms with Crippen molar-refractivity contribution in [3.63, 3.8) is 0 Å². The van der Waals surface area contributed by atoms with Crippen LogP contribution in [-0.4, -0.2) is 61.2 Å². The number of nitrogens with zero attached hydrogens (tertiary/aromatic N) is 2. The number of amides is 1. The van der Waals surface area contributed by atoms with Crippen molar-refractivity contribution >= 4 is 22.8 Å². The van der Waals surface area contributed by atoms with Gasteiger partial charge < -0.3 is 19.7 Å². The third-order valence-corrected chi connectivity index (χ3v) is 7.58. The van der Waals surface area contributed by atoms with E-state index in [1.165, 1.54) is 32.1 Å². The Bertz CT molecular complexity index is 1010. The van der Waals surface area contributed by atoms with Gasteiger partial charge in [0.05, 0.1) is 19.2 Å². The molecule has 2 aliphatic rings. The number of hydrogen-bond acceptors (Lipinski definition) is 6. The molecule has 2 saturated heterocycles. The predicted molar refractivity (Wildman–Crippen MR) is 137 cm³/mol.